The third kappa shape index (κ3) is 4.53. The summed E-state index contributed by atoms with van der Waals surface area (Å²) in [4.78, 5) is 4.97. The Labute approximate surface area is 178 Å². The van der Waals surface area contributed by atoms with Gasteiger partial charge in [-0.05, 0) is 47.8 Å². The van der Waals surface area contributed by atoms with Crippen molar-refractivity contribution < 1.29 is 13.2 Å². The van der Waals surface area contributed by atoms with Crippen LogP contribution in [0.2, 0.25) is 0 Å². The summed E-state index contributed by atoms with van der Waals surface area (Å²) in [5, 5.41) is 10.7. The molecule has 1 heterocycles. The van der Waals surface area contributed by atoms with Crippen LogP contribution in [0.5, 0.6) is 5.88 Å². The second-order valence-corrected chi connectivity index (χ2v) is 10.2. The van der Waals surface area contributed by atoms with E-state index in [4.69, 9.17) is 9.72 Å². The van der Waals surface area contributed by atoms with Gasteiger partial charge < -0.3 is 4.74 Å². The molecule has 0 amide bonds. The van der Waals surface area contributed by atoms with E-state index >= 15 is 0 Å². The molecule has 1 aliphatic carbocycles. The van der Waals surface area contributed by atoms with E-state index in [9.17, 15) is 13.7 Å². The van der Waals surface area contributed by atoms with Crippen molar-refractivity contribution in [2.24, 2.45) is 5.92 Å². The van der Waals surface area contributed by atoms with Gasteiger partial charge >= 0.3 is 0 Å². The molecule has 3 aromatic rings. The number of pyridine rings is 1. The van der Waals surface area contributed by atoms with Gasteiger partial charge in [-0.1, -0.05) is 36.4 Å². The minimum absolute atomic E-state index is 0.248. The van der Waals surface area contributed by atoms with Crippen LogP contribution in [0.3, 0.4) is 0 Å². The van der Waals surface area contributed by atoms with Crippen LogP contribution in [0.4, 0.5) is 0 Å². The van der Waals surface area contributed by atoms with Crippen LogP contribution < -0.4 is 10.0 Å². The predicted molar refractivity (Wildman–Crippen MR) is 120 cm³/mol. The molecule has 1 fully saturated rings. The number of aromatic nitrogens is 1. The molecule has 30 heavy (non-hydrogen) atoms. The molecule has 0 aliphatic heterocycles. The van der Waals surface area contributed by atoms with Crippen LogP contribution in [0.1, 0.15) is 18.4 Å². The summed E-state index contributed by atoms with van der Waals surface area (Å²) in [6.45, 7) is 0.564. The van der Waals surface area contributed by atoms with Gasteiger partial charge in [-0.2, -0.15) is 5.26 Å². The van der Waals surface area contributed by atoms with Gasteiger partial charge in [0.2, 0.25) is 5.88 Å². The Morgan fingerprint density at radius 2 is 1.73 bits per heavy atom. The second-order valence-electron chi connectivity index (χ2n) is 7.52. The Morgan fingerprint density at radius 1 is 1.10 bits per heavy atom. The number of rotatable bonds is 6. The summed E-state index contributed by atoms with van der Waals surface area (Å²) in [7, 11) is -0.634. The molecule has 7 heteroatoms. The highest BCUT2D eigenvalue weighted by molar-refractivity contribution is 7.90. The lowest BCUT2D eigenvalue weighted by Gasteiger charge is -2.14. The molecule has 1 aliphatic rings. The van der Waals surface area contributed by atoms with Gasteiger partial charge in [-0.25, -0.2) is 13.4 Å². The molecule has 0 saturated heterocycles. The van der Waals surface area contributed by atoms with Gasteiger partial charge in [0, 0.05) is 17.4 Å². The zero-order chi connectivity index (χ0) is 21.3. The van der Waals surface area contributed by atoms with Gasteiger partial charge in [0.15, 0.2) is 9.84 Å². The predicted octanol–water partition coefficient (Wildman–Crippen LogP) is 3.98. The minimum atomic E-state index is -3.29. The van der Waals surface area contributed by atoms with E-state index in [1.807, 2.05) is 24.3 Å². The fourth-order valence-corrected chi connectivity index (χ4v) is 3.95. The van der Waals surface area contributed by atoms with Crippen LogP contribution in [0.25, 0.3) is 22.4 Å². The molecule has 1 aromatic heterocycles. The molecular formula is C23H21N2O3PS. The highest BCUT2D eigenvalue weighted by Crippen LogP contribution is 2.36. The van der Waals surface area contributed by atoms with Crippen molar-refractivity contribution >= 4 is 24.4 Å². The molecule has 1 saturated carbocycles. The quantitative estimate of drug-likeness (QED) is 0.546. The SMILES string of the molecule is CS(=O)(=O)c1ccc(-c2cc(C#N)c(OCC3CC3)nc2-c2ccc(P)cc2)cc1. The van der Waals surface area contributed by atoms with E-state index in [0.717, 1.165) is 34.8 Å². The van der Waals surface area contributed by atoms with Gasteiger partial charge in [0.1, 0.15) is 11.6 Å². The van der Waals surface area contributed by atoms with E-state index in [-0.39, 0.29) is 4.90 Å². The maximum absolute atomic E-state index is 11.8. The largest absolute Gasteiger partial charge is 0.476 e. The Hall–Kier alpha value is -2.74. The lowest BCUT2D eigenvalue weighted by atomic mass is 9.98. The first-order chi connectivity index (χ1) is 14.3. The average molecular weight is 436 g/mol. The van der Waals surface area contributed by atoms with Crippen LogP contribution in [-0.4, -0.2) is 26.3 Å². The smallest absolute Gasteiger partial charge is 0.232 e. The number of ether oxygens (including phenoxy) is 1. The number of nitrogens with zero attached hydrogens (tertiary/aromatic N) is 2. The maximum Gasteiger partial charge on any atom is 0.232 e. The Morgan fingerprint density at radius 3 is 2.30 bits per heavy atom. The fraction of sp³-hybridized carbons (Fsp3) is 0.217. The van der Waals surface area contributed by atoms with Gasteiger partial charge in [0.25, 0.3) is 0 Å². The van der Waals surface area contributed by atoms with Crippen molar-refractivity contribution in [3.63, 3.8) is 0 Å². The monoisotopic (exact) mass is 436 g/mol. The molecule has 0 spiro atoms. The molecule has 4 rings (SSSR count). The summed E-state index contributed by atoms with van der Waals surface area (Å²) in [5.74, 6) is 0.882. The van der Waals surface area contributed by atoms with Gasteiger partial charge in [0.05, 0.1) is 17.2 Å². The number of nitriles is 1. The number of hydrogen-bond donors (Lipinski definition) is 0. The van der Waals surface area contributed by atoms with Gasteiger partial charge in [-0.3, -0.25) is 0 Å². The number of hydrogen-bond acceptors (Lipinski definition) is 5. The van der Waals surface area contributed by atoms with E-state index in [2.05, 4.69) is 15.3 Å². The van der Waals surface area contributed by atoms with Crippen LogP contribution in [0.15, 0.2) is 59.5 Å². The topological polar surface area (TPSA) is 80.0 Å². The van der Waals surface area contributed by atoms with Crippen LogP contribution in [0, 0.1) is 17.2 Å². The highest BCUT2D eigenvalue weighted by Gasteiger charge is 2.24. The maximum atomic E-state index is 11.8. The van der Waals surface area contributed by atoms with Crippen LogP contribution >= 0.6 is 9.24 Å². The van der Waals surface area contributed by atoms with E-state index in [1.165, 1.54) is 6.26 Å². The van der Waals surface area contributed by atoms with E-state index < -0.39 is 9.84 Å². The second kappa shape index (κ2) is 8.18. The van der Waals surface area contributed by atoms with Crippen molar-refractivity contribution in [3.05, 3.63) is 60.2 Å². The minimum Gasteiger partial charge on any atom is -0.476 e. The molecule has 0 radical (unpaired) electrons. The first kappa shape index (κ1) is 20.5. The molecule has 152 valence electrons. The van der Waals surface area contributed by atoms with E-state index in [1.54, 1.807) is 30.3 Å². The fourth-order valence-electron chi connectivity index (χ4n) is 3.13. The standard InChI is InChI=1S/C23H21N2O3PS/c1-30(26,27)20-10-6-16(7-11-20)21-12-18(13-24)23(28-14-15-2-3-15)25-22(21)17-4-8-19(29)9-5-17/h4-12,15H,2-3,14,29H2,1H3. The third-order valence-corrected chi connectivity index (χ3v) is 6.55. The summed E-state index contributed by atoms with van der Waals surface area (Å²) >= 11 is 0. The number of sulfone groups is 1. The first-order valence-corrected chi connectivity index (χ1v) is 12.1. The van der Waals surface area contributed by atoms with Crippen molar-refractivity contribution in [2.75, 3.05) is 12.9 Å². The Bertz CT molecular complexity index is 1230. The van der Waals surface area contributed by atoms with Crippen molar-refractivity contribution in [1.82, 2.24) is 4.98 Å². The summed E-state index contributed by atoms with van der Waals surface area (Å²) in [6, 6.07) is 18.5. The lowest BCUT2D eigenvalue weighted by Crippen LogP contribution is -2.05. The summed E-state index contributed by atoms with van der Waals surface area (Å²) in [6.07, 6.45) is 3.48. The Kier molecular flexibility index (Phi) is 5.60. The molecule has 1 unspecified atom stereocenters. The lowest BCUT2D eigenvalue weighted by molar-refractivity contribution is 0.288. The van der Waals surface area contributed by atoms with E-state index in [0.29, 0.717) is 29.7 Å². The molecule has 2 aromatic carbocycles. The molecule has 0 N–H and O–H groups in total. The summed E-state index contributed by atoms with van der Waals surface area (Å²) < 4.78 is 29.5. The first-order valence-electron chi connectivity index (χ1n) is 9.59. The average Bonchev–Trinajstić information content (AvgIpc) is 3.56. The third-order valence-electron chi connectivity index (χ3n) is 5.04. The van der Waals surface area contributed by atoms with Crippen molar-refractivity contribution in [2.45, 2.75) is 17.7 Å². The summed E-state index contributed by atoms with van der Waals surface area (Å²) in [5.41, 5.74) is 3.48. The normalized spacial score (nSPS) is 13.6. The molecule has 0 bridgehead atoms. The zero-order valence-corrected chi connectivity index (χ0v) is 18.5. The van der Waals surface area contributed by atoms with Crippen LogP contribution in [-0.2, 0) is 9.84 Å². The zero-order valence-electron chi connectivity index (χ0n) is 16.5. The van der Waals surface area contributed by atoms with Crippen molar-refractivity contribution in [3.8, 4) is 34.3 Å². The molecular weight excluding hydrogens is 415 g/mol. The number of benzene rings is 2. The highest BCUT2D eigenvalue weighted by atomic mass is 32.2. The molecule has 1 atom stereocenters. The molecule has 5 nitrogen and oxygen atoms in total. The van der Waals surface area contributed by atoms with Gasteiger partial charge in [-0.15, -0.1) is 9.24 Å². The van der Waals surface area contributed by atoms with Crippen molar-refractivity contribution in [1.29, 1.82) is 5.26 Å². The Balaban J connectivity index is 1.84.